The fraction of sp³-hybridized carbons (Fsp3) is 0.474. The summed E-state index contributed by atoms with van der Waals surface area (Å²) >= 11 is 1.70. The summed E-state index contributed by atoms with van der Waals surface area (Å²) in [7, 11) is 0. The quantitative estimate of drug-likeness (QED) is 0.364. The van der Waals surface area contributed by atoms with E-state index in [0.717, 1.165) is 49.1 Å². The molecule has 138 valence electrons. The van der Waals surface area contributed by atoms with Crippen molar-refractivity contribution in [3.8, 4) is 0 Å². The van der Waals surface area contributed by atoms with Crippen molar-refractivity contribution in [3.05, 3.63) is 51.0 Å². The average molecular weight is 472 g/mol. The molecule has 0 aliphatic heterocycles. The summed E-state index contributed by atoms with van der Waals surface area (Å²) in [6, 6.07) is 6.72. The molecular formula is C19H29IN4S. The van der Waals surface area contributed by atoms with E-state index >= 15 is 0 Å². The van der Waals surface area contributed by atoms with Gasteiger partial charge < -0.3 is 10.6 Å². The first-order valence-electron chi connectivity index (χ1n) is 8.57. The first kappa shape index (κ1) is 21.9. The molecule has 0 unspecified atom stereocenters. The molecule has 2 N–H and O–H groups in total. The molecule has 0 aliphatic carbocycles. The van der Waals surface area contributed by atoms with Gasteiger partial charge in [0.2, 0.25) is 0 Å². The Balaban J connectivity index is 0.00000312. The SMILES string of the molecule is CCNC(=NCCc1csc(C)n1)NCCc1cc(C)cc(C)c1.I. The Hall–Kier alpha value is -1.15. The fourth-order valence-corrected chi connectivity index (χ4v) is 3.33. The van der Waals surface area contributed by atoms with Gasteiger partial charge in [0.1, 0.15) is 0 Å². The van der Waals surface area contributed by atoms with Gasteiger partial charge in [-0.3, -0.25) is 4.99 Å². The van der Waals surface area contributed by atoms with Crippen molar-refractivity contribution in [3.63, 3.8) is 0 Å². The molecule has 4 nitrogen and oxygen atoms in total. The molecule has 0 bridgehead atoms. The number of hydrogen-bond acceptors (Lipinski definition) is 3. The van der Waals surface area contributed by atoms with Gasteiger partial charge in [0, 0.05) is 31.4 Å². The predicted molar refractivity (Wildman–Crippen MR) is 120 cm³/mol. The molecule has 0 saturated carbocycles. The van der Waals surface area contributed by atoms with Crippen LogP contribution in [-0.2, 0) is 12.8 Å². The Morgan fingerprint density at radius 1 is 1.08 bits per heavy atom. The van der Waals surface area contributed by atoms with Crippen LogP contribution in [0.25, 0.3) is 0 Å². The maximum absolute atomic E-state index is 4.64. The number of thiazole rings is 1. The van der Waals surface area contributed by atoms with Crippen LogP contribution >= 0.6 is 35.3 Å². The summed E-state index contributed by atoms with van der Waals surface area (Å²) in [5.74, 6) is 0.883. The number of nitrogens with one attached hydrogen (secondary N) is 2. The second-order valence-electron chi connectivity index (χ2n) is 6.04. The molecule has 1 aromatic carbocycles. The van der Waals surface area contributed by atoms with E-state index in [1.165, 1.54) is 16.7 Å². The van der Waals surface area contributed by atoms with Crippen LogP contribution in [0.3, 0.4) is 0 Å². The predicted octanol–water partition coefficient (Wildman–Crippen LogP) is 4.03. The Morgan fingerprint density at radius 3 is 2.40 bits per heavy atom. The van der Waals surface area contributed by atoms with Gasteiger partial charge >= 0.3 is 0 Å². The Labute approximate surface area is 172 Å². The molecule has 0 fully saturated rings. The van der Waals surface area contributed by atoms with E-state index in [-0.39, 0.29) is 24.0 Å². The standard InChI is InChI=1S/C19H28N4S.HI/c1-5-20-19(22-9-7-18-13-24-16(4)23-18)21-8-6-17-11-14(2)10-15(3)12-17;/h10-13H,5-9H2,1-4H3,(H2,20,21,22);1H. The molecule has 0 saturated heterocycles. The van der Waals surface area contributed by atoms with Gasteiger partial charge in [-0.25, -0.2) is 4.98 Å². The third-order valence-electron chi connectivity index (χ3n) is 3.64. The van der Waals surface area contributed by atoms with Gasteiger partial charge in [0.25, 0.3) is 0 Å². The molecule has 1 aromatic heterocycles. The second-order valence-corrected chi connectivity index (χ2v) is 7.10. The third kappa shape index (κ3) is 8.18. The van der Waals surface area contributed by atoms with E-state index in [9.17, 15) is 0 Å². The van der Waals surface area contributed by atoms with Crippen molar-refractivity contribution < 1.29 is 0 Å². The van der Waals surface area contributed by atoms with Crippen LogP contribution in [-0.4, -0.2) is 30.6 Å². The van der Waals surface area contributed by atoms with E-state index in [0.29, 0.717) is 0 Å². The molecule has 2 rings (SSSR count). The lowest BCUT2D eigenvalue weighted by molar-refractivity contribution is 0.794. The van der Waals surface area contributed by atoms with Crippen LogP contribution in [0.2, 0.25) is 0 Å². The van der Waals surface area contributed by atoms with Crippen LogP contribution in [0.4, 0.5) is 0 Å². The maximum Gasteiger partial charge on any atom is 0.191 e. The summed E-state index contributed by atoms with van der Waals surface area (Å²) in [6.07, 6.45) is 1.89. The molecule has 0 atom stereocenters. The minimum Gasteiger partial charge on any atom is -0.357 e. The van der Waals surface area contributed by atoms with E-state index in [4.69, 9.17) is 0 Å². The van der Waals surface area contributed by atoms with Crippen LogP contribution in [0.1, 0.15) is 34.3 Å². The number of guanidine groups is 1. The van der Waals surface area contributed by atoms with E-state index < -0.39 is 0 Å². The molecule has 0 amide bonds. The van der Waals surface area contributed by atoms with Crippen molar-refractivity contribution in [1.82, 2.24) is 15.6 Å². The summed E-state index contributed by atoms with van der Waals surface area (Å²) in [5.41, 5.74) is 5.15. The van der Waals surface area contributed by atoms with Gasteiger partial charge in [-0.2, -0.15) is 0 Å². The Morgan fingerprint density at radius 2 is 1.80 bits per heavy atom. The second kappa shape index (κ2) is 11.5. The average Bonchev–Trinajstić information content (AvgIpc) is 2.92. The molecule has 25 heavy (non-hydrogen) atoms. The first-order chi connectivity index (χ1) is 11.6. The first-order valence-corrected chi connectivity index (χ1v) is 9.45. The zero-order valence-corrected chi connectivity index (χ0v) is 18.7. The number of aryl methyl sites for hydroxylation is 3. The van der Waals surface area contributed by atoms with Gasteiger partial charge in [0.05, 0.1) is 10.7 Å². The highest BCUT2D eigenvalue weighted by Gasteiger charge is 2.01. The topological polar surface area (TPSA) is 49.3 Å². The van der Waals surface area contributed by atoms with Crippen molar-refractivity contribution >= 4 is 41.3 Å². The van der Waals surface area contributed by atoms with Crippen LogP contribution in [0.15, 0.2) is 28.6 Å². The highest BCUT2D eigenvalue weighted by Crippen LogP contribution is 2.09. The maximum atomic E-state index is 4.64. The lowest BCUT2D eigenvalue weighted by atomic mass is 10.1. The zero-order chi connectivity index (χ0) is 17.4. The largest absolute Gasteiger partial charge is 0.357 e. The highest BCUT2D eigenvalue weighted by atomic mass is 127. The number of halogens is 1. The Bertz CT molecular complexity index is 662. The monoisotopic (exact) mass is 472 g/mol. The lowest BCUT2D eigenvalue weighted by Crippen LogP contribution is -2.38. The van der Waals surface area contributed by atoms with Crippen molar-refractivity contribution in [2.45, 2.75) is 40.5 Å². The third-order valence-corrected chi connectivity index (χ3v) is 4.46. The summed E-state index contributed by atoms with van der Waals surface area (Å²) in [4.78, 5) is 9.12. The number of aliphatic imine (C=N–C) groups is 1. The molecule has 1 heterocycles. The highest BCUT2D eigenvalue weighted by molar-refractivity contribution is 14.0. The summed E-state index contributed by atoms with van der Waals surface area (Å²) < 4.78 is 0. The summed E-state index contributed by atoms with van der Waals surface area (Å²) in [6.45, 7) is 10.9. The molecule has 0 spiro atoms. The van der Waals surface area contributed by atoms with Gasteiger partial charge in [-0.05, 0) is 39.7 Å². The smallest absolute Gasteiger partial charge is 0.191 e. The molecular weight excluding hydrogens is 443 g/mol. The van der Waals surface area contributed by atoms with E-state index in [2.05, 4.69) is 65.0 Å². The number of rotatable bonds is 7. The van der Waals surface area contributed by atoms with Crippen molar-refractivity contribution in [2.75, 3.05) is 19.6 Å². The van der Waals surface area contributed by atoms with Crippen molar-refractivity contribution in [2.24, 2.45) is 4.99 Å². The molecule has 0 aliphatic rings. The van der Waals surface area contributed by atoms with Crippen molar-refractivity contribution in [1.29, 1.82) is 0 Å². The lowest BCUT2D eigenvalue weighted by Gasteiger charge is -2.11. The van der Waals surface area contributed by atoms with Gasteiger partial charge in [-0.15, -0.1) is 35.3 Å². The number of nitrogens with zero attached hydrogens (tertiary/aromatic N) is 2. The number of benzene rings is 1. The Kier molecular flexibility index (Phi) is 10.0. The summed E-state index contributed by atoms with van der Waals surface area (Å²) in [5, 5.41) is 9.96. The fourth-order valence-electron chi connectivity index (χ4n) is 2.69. The number of aromatic nitrogens is 1. The van der Waals surface area contributed by atoms with E-state index in [1.807, 2.05) is 6.92 Å². The van der Waals surface area contributed by atoms with Gasteiger partial charge in [0.15, 0.2) is 5.96 Å². The van der Waals surface area contributed by atoms with Crippen LogP contribution in [0.5, 0.6) is 0 Å². The van der Waals surface area contributed by atoms with Gasteiger partial charge in [-0.1, -0.05) is 29.3 Å². The molecule has 2 aromatic rings. The number of hydrogen-bond donors (Lipinski definition) is 2. The van der Waals surface area contributed by atoms with Crippen LogP contribution < -0.4 is 10.6 Å². The molecule has 0 radical (unpaired) electrons. The van der Waals surface area contributed by atoms with E-state index in [1.54, 1.807) is 11.3 Å². The van der Waals surface area contributed by atoms with Crippen LogP contribution in [0, 0.1) is 20.8 Å². The minimum atomic E-state index is 0. The minimum absolute atomic E-state index is 0. The zero-order valence-electron chi connectivity index (χ0n) is 15.6. The normalized spacial score (nSPS) is 11.1. The molecule has 6 heteroatoms.